The van der Waals surface area contributed by atoms with Gasteiger partial charge < -0.3 is 5.32 Å². The van der Waals surface area contributed by atoms with E-state index in [4.69, 9.17) is 11.6 Å². The highest BCUT2D eigenvalue weighted by Crippen LogP contribution is 2.40. The Hall–Kier alpha value is -1.09. The van der Waals surface area contributed by atoms with Crippen molar-refractivity contribution in [2.75, 3.05) is 5.32 Å². The van der Waals surface area contributed by atoms with Gasteiger partial charge >= 0.3 is 0 Å². The summed E-state index contributed by atoms with van der Waals surface area (Å²) in [7, 11) is 0. The van der Waals surface area contributed by atoms with E-state index in [2.05, 4.69) is 24.1 Å². The number of amides is 1. The van der Waals surface area contributed by atoms with Crippen LogP contribution in [0.1, 0.15) is 39.5 Å². The number of carbonyl (C=O) groups excluding carboxylic acids is 1. The molecule has 2 rings (SSSR count). The maximum atomic E-state index is 12.3. The predicted octanol–water partition coefficient (Wildman–Crippen LogP) is 3.89. The van der Waals surface area contributed by atoms with E-state index in [0.29, 0.717) is 11.0 Å². The minimum absolute atomic E-state index is 0.0621. The van der Waals surface area contributed by atoms with E-state index in [1.807, 2.05) is 0 Å². The normalized spacial score (nSPS) is 22.5. The zero-order valence-corrected chi connectivity index (χ0v) is 11.6. The van der Waals surface area contributed by atoms with Crippen molar-refractivity contribution in [3.05, 3.63) is 23.4 Å². The molecule has 0 radical (unpaired) electrons. The first-order chi connectivity index (χ1) is 8.49. The molecule has 1 saturated carbocycles. The molecule has 3 nitrogen and oxygen atoms in total. The van der Waals surface area contributed by atoms with Crippen LogP contribution in [-0.4, -0.2) is 10.9 Å². The van der Waals surface area contributed by atoms with Gasteiger partial charge in [-0.3, -0.25) is 4.79 Å². The molecule has 98 valence electrons. The molecule has 1 unspecified atom stereocenters. The quantitative estimate of drug-likeness (QED) is 0.825. The molecule has 1 N–H and O–H groups in total. The van der Waals surface area contributed by atoms with Crippen LogP contribution in [0.2, 0.25) is 5.15 Å². The molecule has 1 fully saturated rings. The van der Waals surface area contributed by atoms with Crippen molar-refractivity contribution >= 4 is 23.3 Å². The van der Waals surface area contributed by atoms with Gasteiger partial charge in [-0.1, -0.05) is 44.4 Å². The highest BCUT2D eigenvalue weighted by molar-refractivity contribution is 6.29. The van der Waals surface area contributed by atoms with E-state index >= 15 is 0 Å². The second-order valence-electron chi connectivity index (χ2n) is 5.62. The van der Waals surface area contributed by atoms with Gasteiger partial charge in [0.05, 0.1) is 0 Å². The summed E-state index contributed by atoms with van der Waals surface area (Å²) in [4.78, 5) is 16.4. The number of hydrogen-bond donors (Lipinski definition) is 1. The Morgan fingerprint density at radius 1 is 1.44 bits per heavy atom. The second-order valence-corrected chi connectivity index (χ2v) is 6.01. The molecule has 0 saturated heterocycles. The molecule has 18 heavy (non-hydrogen) atoms. The van der Waals surface area contributed by atoms with Crippen molar-refractivity contribution < 1.29 is 4.79 Å². The van der Waals surface area contributed by atoms with Crippen LogP contribution < -0.4 is 5.32 Å². The Labute approximate surface area is 113 Å². The van der Waals surface area contributed by atoms with Gasteiger partial charge in [0.25, 0.3) is 0 Å². The maximum Gasteiger partial charge on any atom is 0.229 e. The summed E-state index contributed by atoms with van der Waals surface area (Å²) in [5.74, 6) is 0.662. The Kier molecular flexibility index (Phi) is 3.91. The molecule has 1 heterocycles. The van der Waals surface area contributed by atoms with Crippen molar-refractivity contribution in [2.45, 2.75) is 39.5 Å². The van der Waals surface area contributed by atoms with E-state index in [9.17, 15) is 4.79 Å². The third-order valence-corrected chi connectivity index (χ3v) is 4.00. The van der Waals surface area contributed by atoms with Gasteiger partial charge in [0.15, 0.2) is 0 Å². The minimum atomic E-state index is 0.0621. The molecule has 0 aliphatic heterocycles. The van der Waals surface area contributed by atoms with Crippen LogP contribution in [0.3, 0.4) is 0 Å². The largest absolute Gasteiger partial charge is 0.310 e. The van der Waals surface area contributed by atoms with Crippen LogP contribution in [-0.2, 0) is 4.79 Å². The van der Waals surface area contributed by atoms with Crippen LogP contribution in [0, 0.1) is 11.3 Å². The number of rotatable bonds is 2. The fourth-order valence-corrected chi connectivity index (χ4v) is 2.84. The molecule has 4 heteroatoms. The summed E-state index contributed by atoms with van der Waals surface area (Å²) < 4.78 is 0. The smallest absolute Gasteiger partial charge is 0.229 e. The van der Waals surface area contributed by atoms with Gasteiger partial charge in [-0.2, -0.15) is 0 Å². The molecule has 1 aliphatic carbocycles. The number of hydrogen-bond acceptors (Lipinski definition) is 2. The standard InChI is InChI=1S/C14H19ClN2O/c1-14(2)9-4-3-6-10(14)13(18)17-12-8-5-7-11(15)16-12/h5,7-8,10H,3-4,6,9H2,1-2H3,(H,16,17,18). The lowest BCUT2D eigenvalue weighted by atomic mass is 9.68. The first-order valence-corrected chi connectivity index (χ1v) is 6.80. The first-order valence-electron chi connectivity index (χ1n) is 6.42. The van der Waals surface area contributed by atoms with Crippen molar-refractivity contribution in [2.24, 2.45) is 11.3 Å². The van der Waals surface area contributed by atoms with Gasteiger partial charge in [-0.15, -0.1) is 0 Å². The van der Waals surface area contributed by atoms with E-state index in [1.165, 1.54) is 6.42 Å². The van der Waals surface area contributed by atoms with E-state index in [0.717, 1.165) is 19.3 Å². The molecule has 1 atom stereocenters. The molecule has 1 aromatic rings. The SMILES string of the molecule is CC1(C)CCCCC1C(=O)Nc1cccc(Cl)n1. The average Bonchev–Trinajstić information content (AvgIpc) is 2.28. The summed E-state index contributed by atoms with van der Waals surface area (Å²) >= 11 is 5.81. The minimum Gasteiger partial charge on any atom is -0.310 e. The zero-order chi connectivity index (χ0) is 13.2. The fourth-order valence-electron chi connectivity index (χ4n) is 2.67. The van der Waals surface area contributed by atoms with Crippen molar-refractivity contribution in [3.63, 3.8) is 0 Å². The molecular formula is C14H19ClN2O. The van der Waals surface area contributed by atoms with Gasteiger partial charge in [0.1, 0.15) is 11.0 Å². The summed E-state index contributed by atoms with van der Waals surface area (Å²) in [5.41, 5.74) is 0.0703. The monoisotopic (exact) mass is 266 g/mol. The van der Waals surface area contributed by atoms with Crippen LogP contribution in [0.5, 0.6) is 0 Å². The molecule has 0 bridgehead atoms. The third-order valence-electron chi connectivity index (χ3n) is 3.79. The zero-order valence-electron chi connectivity index (χ0n) is 10.9. The van der Waals surface area contributed by atoms with Gasteiger partial charge in [-0.05, 0) is 30.4 Å². The number of carbonyl (C=O) groups is 1. The summed E-state index contributed by atoms with van der Waals surface area (Å²) in [6.45, 7) is 4.34. The average molecular weight is 267 g/mol. The molecule has 1 aliphatic rings. The molecule has 1 amide bonds. The highest BCUT2D eigenvalue weighted by Gasteiger charge is 2.37. The maximum absolute atomic E-state index is 12.3. The second kappa shape index (κ2) is 5.27. The van der Waals surface area contributed by atoms with Crippen LogP contribution in [0.4, 0.5) is 5.82 Å². The van der Waals surface area contributed by atoms with E-state index < -0.39 is 0 Å². The number of nitrogens with one attached hydrogen (secondary N) is 1. The Bertz CT molecular complexity index is 445. The van der Waals surface area contributed by atoms with Gasteiger partial charge in [0, 0.05) is 5.92 Å². The number of halogens is 1. The lowest BCUT2D eigenvalue weighted by Gasteiger charge is -2.37. The Balaban J connectivity index is 2.07. The summed E-state index contributed by atoms with van der Waals surface area (Å²) in [6, 6.07) is 5.25. The fraction of sp³-hybridized carbons (Fsp3) is 0.571. The van der Waals surface area contributed by atoms with E-state index in [1.54, 1.807) is 18.2 Å². The molecule has 0 aromatic carbocycles. The van der Waals surface area contributed by atoms with Crippen LogP contribution in [0.25, 0.3) is 0 Å². The highest BCUT2D eigenvalue weighted by atomic mass is 35.5. The number of aromatic nitrogens is 1. The molecule has 0 spiro atoms. The van der Waals surface area contributed by atoms with Crippen molar-refractivity contribution in [1.29, 1.82) is 0 Å². The number of anilines is 1. The molecular weight excluding hydrogens is 248 g/mol. The summed E-state index contributed by atoms with van der Waals surface area (Å²) in [6.07, 6.45) is 4.41. The lowest BCUT2D eigenvalue weighted by molar-refractivity contribution is -0.124. The predicted molar refractivity (Wildman–Crippen MR) is 73.6 cm³/mol. The summed E-state index contributed by atoms with van der Waals surface area (Å²) in [5, 5.41) is 3.27. The number of pyridine rings is 1. The van der Waals surface area contributed by atoms with Crippen molar-refractivity contribution in [1.82, 2.24) is 4.98 Å². The third kappa shape index (κ3) is 3.02. The topological polar surface area (TPSA) is 42.0 Å². The van der Waals surface area contributed by atoms with E-state index in [-0.39, 0.29) is 17.2 Å². The van der Waals surface area contributed by atoms with Crippen molar-refractivity contribution in [3.8, 4) is 0 Å². The molecule has 1 aromatic heterocycles. The van der Waals surface area contributed by atoms with Crippen LogP contribution in [0.15, 0.2) is 18.2 Å². The Morgan fingerprint density at radius 2 is 2.22 bits per heavy atom. The lowest BCUT2D eigenvalue weighted by Crippen LogP contribution is -2.37. The Morgan fingerprint density at radius 3 is 2.89 bits per heavy atom. The first kappa shape index (κ1) is 13.3. The van der Waals surface area contributed by atoms with Gasteiger partial charge in [-0.25, -0.2) is 4.98 Å². The van der Waals surface area contributed by atoms with Crippen LogP contribution >= 0.6 is 11.6 Å². The van der Waals surface area contributed by atoms with Gasteiger partial charge in [0.2, 0.25) is 5.91 Å². The number of nitrogens with zero attached hydrogens (tertiary/aromatic N) is 1.